The van der Waals surface area contributed by atoms with Gasteiger partial charge in [-0.2, -0.15) is 26.3 Å². The van der Waals surface area contributed by atoms with Crippen LogP contribution in [0.15, 0.2) is 18.7 Å². The number of halogens is 6. The number of hydrogen-bond donors (Lipinski definition) is 0. The van der Waals surface area contributed by atoms with Crippen molar-refractivity contribution < 1.29 is 57.2 Å². The number of aryl methyl sites for hydroxylation is 2. The molecule has 2 atom stereocenters. The summed E-state index contributed by atoms with van der Waals surface area (Å²) in [7, 11) is -13.4. The Labute approximate surface area is 167 Å². The molecule has 0 aromatic carbocycles. The first-order valence-corrected chi connectivity index (χ1v) is 11.1. The Bertz CT molecular complexity index is 847. The van der Waals surface area contributed by atoms with E-state index in [1.54, 1.807) is 0 Å². The van der Waals surface area contributed by atoms with E-state index in [9.17, 15) is 43.2 Å². The SMILES string of the molecule is O=S(=O)([N-]S(=O)(=O)C(F)(F)F)C(F)(F)F.c1c[n+](CCC2CO2)cn1CCC1CO1. The van der Waals surface area contributed by atoms with Crippen LogP contribution in [0.5, 0.6) is 0 Å². The van der Waals surface area contributed by atoms with Crippen LogP contribution in [0.2, 0.25) is 0 Å². The van der Waals surface area contributed by atoms with Crippen molar-refractivity contribution in [1.82, 2.24) is 4.57 Å². The molecule has 9 nitrogen and oxygen atoms in total. The summed E-state index contributed by atoms with van der Waals surface area (Å²) in [5.41, 5.74) is -12.4. The molecule has 30 heavy (non-hydrogen) atoms. The molecular weight excluding hydrogens is 472 g/mol. The zero-order valence-electron chi connectivity index (χ0n) is 15.0. The molecule has 2 aliphatic heterocycles. The predicted octanol–water partition coefficient (Wildman–Crippen LogP) is 1.41. The zero-order chi connectivity index (χ0) is 22.8. The molecule has 0 spiro atoms. The van der Waals surface area contributed by atoms with Gasteiger partial charge in [0, 0.05) is 12.8 Å². The highest BCUT2D eigenvalue weighted by molar-refractivity contribution is 8.13. The minimum Gasteiger partial charge on any atom is -0.421 e. The molecule has 17 heteroatoms. The summed E-state index contributed by atoms with van der Waals surface area (Å²) in [6, 6.07) is 0. The molecule has 2 aliphatic rings. The van der Waals surface area contributed by atoms with Gasteiger partial charge in [0.2, 0.25) is 6.33 Å². The summed E-state index contributed by atoms with van der Waals surface area (Å²) >= 11 is 0. The summed E-state index contributed by atoms with van der Waals surface area (Å²) in [4.78, 5) is 0. The Kier molecular flexibility index (Phi) is 7.43. The van der Waals surface area contributed by atoms with Crippen molar-refractivity contribution >= 4 is 20.0 Å². The fraction of sp³-hybridized carbons (Fsp3) is 0.769. The number of sulfonamides is 2. The van der Waals surface area contributed by atoms with Crippen molar-refractivity contribution in [3.05, 3.63) is 22.8 Å². The van der Waals surface area contributed by atoms with Crippen LogP contribution in [0.25, 0.3) is 4.13 Å². The van der Waals surface area contributed by atoms with Crippen LogP contribution in [0.3, 0.4) is 0 Å². The van der Waals surface area contributed by atoms with E-state index in [1.165, 1.54) is 0 Å². The Balaban J connectivity index is 0.000000214. The van der Waals surface area contributed by atoms with Crippen LogP contribution in [-0.2, 0) is 42.6 Å². The summed E-state index contributed by atoms with van der Waals surface area (Å²) in [6.45, 7) is 4.05. The Hall–Kier alpha value is -1.43. The van der Waals surface area contributed by atoms with E-state index >= 15 is 0 Å². The van der Waals surface area contributed by atoms with Gasteiger partial charge in [0.25, 0.3) is 0 Å². The van der Waals surface area contributed by atoms with Gasteiger partial charge in [-0.15, -0.1) is 0 Å². The van der Waals surface area contributed by atoms with Gasteiger partial charge in [-0.05, 0) is 0 Å². The smallest absolute Gasteiger partial charge is 0.421 e. The molecular formula is C13H17F6N3O6S2. The number of aromatic nitrogens is 2. The maximum atomic E-state index is 11.4. The Morgan fingerprint density at radius 2 is 1.40 bits per heavy atom. The molecule has 1 aromatic rings. The second-order valence-corrected chi connectivity index (χ2v) is 9.72. The molecule has 2 unspecified atom stereocenters. The lowest BCUT2D eigenvalue weighted by Gasteiger charge is -2.22. The minimum atomic E-state index is -6.72. The molecule has 0 aliphatic carbocycles. The molecule has 0 bridgehead atoms. The van der Waals surface area contributed by atoms with Crippen LogP contribution in [-0.4, -0.2) is 57.8 Å². The quantitative estimate of drug-likeness (QED) is 0.310. The highest BCUT2D eigenvalue weighted by Crippen LogP contribution is 2.36. The summed E-state index contributed by atoms with van der Waals surface area (Å²) in [5, 5.41) is 0. The van der Waals surface area contributed by atoms with Crippen molar-refractivity contribution in [2.45, 2.75) is 49.2 Å². The van der Waals surface area contributed by atoms with Crippen molar-refractivity contribution in [3.63, 3.8) is 0 Å². The lowest BCUT2D eigenvalue weighted by molar-refractivity contribution is -0.697. The van der Waals surface area contributed by atoms with Crippen LogP contribution in [0.4, 0.5) is 26.3 Å². The monoisotopic (exact) mass is 489 g/mol. The molecule has 3 rings (SSSR count). The van der Waals surface area contributed by atoms with E-state index in [0.717, 1.165) is 43.3 Å². The average Bonchev–Trinajstić information content (AvgIpc) is 3.49. The molecule has 174 valence electrons. The molecule has 0 saturated carbocycles. The highest BCUT2D eigenvalue weighted by Gasteiger charge is 2.46. The van der Waals surface area contributed by atoms with E-state index < -0.39 is 31.1 Å². The van der Waals surface area contributed by atoms with Gasteiger partial charge in [0.1, 0.15) is 12.4 Å². The number of rotatable bonds is 8. The number of imidazole rings is 1. The molecule has 3 heterocycles. The fourth-order valence-electron chi connectivity index (χ4n) is 1.97. The zero-order valence-corrected chi connectivity index (χ0v) is 16.6. The average molecular weight is 489 g/mol. The van der Waals surface area contributed by atoms with Crippen LogP contribution in [0, 0.1) is 0 Å². The van der Waals surface area contributed by atoms with Crippen molar-refractivity contribution in [3.8, 4) is 0 Å². The van der Waals surface area contributed by atoms with Gasteiger partial charge < -0.3 is 13.6 Å². The first kappa shape index (κ1) is 24.8. The third-order valence-corrected chi connectivity index (χ3v) is 6.49. The molecule has 0 radical (unpaired) electrons. The summed E-state index contributed by atoms with van der Waals surface area (Å²) in [6.07, 6.45) is 9.78. The Morgan fingerprint density at radius 3 is 1.83 bits per heavy atom. The summed E-state index contributed by atoms with van der Waals surface area (Å²) < 4.78 is 124. The first-order valence-electron chi connectivity index (χ1n) is 8.25. The van der Waals surface area contributed by atoms with E-state index in [0.29, 0.717) is 12.2 Å². The van der Waals surface area contributed by atoms with Crippen LogP contribution < -0.4 is 4.57 Å². The third-order valence-electron chi connectivity index (χ3n) is 3.75. The second kappa shape index (κ2) is 8.97. The van der Waals surface area contributed by atoms with Crippen molar-refractivity contribution in [2.24, 2.45) is 0 Å². The molecule has 2 saturated heterocycles. The van der Waals surface area contributed by atoms with E-state index in [4.69, 9.17) is 9.47 Å². The van der Waals surface area contributed by atoms with Gasteiger partial charge in [-0.1, -0.05) is 0 Å². The number of ether oxygens (including phenoxy) is 2. The fourth-order valence-corrected chi connectivity index (χ4v) is 3.68. The number of hydrogen-bond acceptors (Lipinski definition) is 6. The number of alkyl halides is 6. The predicted molar refractivity (Wildman–Crippen MR) is 86.6 cm³/mol. The topological polar surface area (TPSA) is 116 Å². The Morgan fingerprint density at radius 1 is 0.933 bits per heavy atom. The molecule has 1 aromatic heterocycles. The van der Waals surface area contributed by atoms with Gasteiger partial charge >= 0.3 is 11.0 Å². The van der Waals surface area contributed by atoms with Gasteiger partial charge in [-0.25, -0.2) is 26.0 Å². The van der Waals surface area contributed by atoms with E-state index in [-0.39, 0.29) is 0 Å². The molecule has 0 N–H and O–H groups in total. The third kappa shape index (κ3) is 7.68. The largest absolute Gasteiger partial charge is 0.480 e. The lowest BCUT2D eigenvalue weighted by Crippen LogP contribution is -2.31. The van der Waals surface area contributed by atoms with Crippen LogP contribution >= 0.6 is 0 Å². The molecule has 0 amide bonds. The maximum Gasteiger partial charge on any atom is 0.480 e. The normalized spacial score (nSPS) is 21.7. The summed E-state index contributed by atoms with van der Waals surface area (Å²) in [5.74, 6) is 0. The molecule has 2 fully saturated rings. The van der Waals surface area contributed by atoms with E-state index in [1.807, 2.05) is 0 Å². The van der Waals surface area contributed by atoms with Crippen LogP contribution in [0.1, 0.15) is 12.8 Å². The van der Waals surface area contributed by atoms with Crippen molar-refractivity contribution in [1.29, 1.82) is 0 Å². The van der Waals surface area contributed by atoms with E-state index in [2.05, 4.69) is 27.9 Å². The van der Waals surface area contributed by atoms with Gasteiger partial charge in [-0.3, -0.25) is 0 Å². The van der Waals surface area contributed by atoms with Crippen molar-refractivity contribution in [2.75, 3.05) is 13.2 Å². The maximum absolute atomic E-state index is 11.4. The standard InChI is InChI=1S/C11H17N2O2.C2F6NO4S2/c1(10-7-14-10)3-12-5-6-13(9-12)4-2-11-8-15-11;3-1(4,5)14(10,11)9-15(12,13)2(6,7)8/h5-6,9-11H,1-4,7-8H2;/q+1;-1. The number of nitrogens with zero attached hydrogens (tertiary/aromatic N) is 3. The van der Waals surface area contributed by atoms with Gasteiger partial charge in [0.15, 0.2) is 20.0 Å². The second-order valence-electron chi connectivity index (χ2n) is 6.29. The first-order chi connectivity index (χ1) is 13.6. The lowest BCUT2D eigenvalue weighted by atomic mass is 10.3. The van der Waals surface area contributed by atoms with Gasteiger partial charge in [0.05, 0.1) is 38.5 Å². The number of epoxide rings is 2. The highest BCUT2D eigenvalue weighted by atomic mass is 32.3. The minimum absolute atomic E-state index is 0.528.